The fraction of sp³-hybridized carbons (Fsp3) is 0.458. The number of amides is 3. The summed E-state index contributed by atoms with van der Waals surface area (Å²) in [5, 5.41) is 5.37. The third kappa shape index (κ3) is 7.15. The Labute approximate surface area is 194 Å². The van der Waals surface area contributed by atoms with Gasteiger partial charge in [-0.2, -0.15) is 0 Å². The van der Waals surface area contributed by atoms with Crippen LogP contribution in [-0.4, -0.2) is 58.7 Å². The van der Waals surface area contributed by atoms with Crippen molar-refractivity contribution >= 4 is 23.5 Å². The standard InChI is InChI=1S/C24H32FN5O3/c1-16-6-7-20(15-26-16)27-22(31)28-21-13-18(12-19(25)14-21)17(2)29-8-10-30(11-9-29)23(32)33-24(3,4)5/h6-7,12-15,17H,8-11H2,1-5H3,(H2,27,28,31)/t17-/m1/s1. The summed E-state index contributed by atoms with van der Waals surface area (Å²) in [5.41, 5.74) is 1.96. The van der Waals surface area contributed by atoms with Crippen LogP contribution in [0.3, 0.4) is 0 Å². The number of urea groups is 1. The number of piperazine rings is 1. The van der Waals surface area contributed by atoms with Crippen molar-refractivity contribution in [2.45, 2.75) is 46.3 Å². The highest BCUT2D eigenvalue weighted by atomic mass is 19.1. The van der Waals surface area contributed by atoms with Crippen LogP contribution in [-0.2, 0) is 4.74 Å². The average molecular weight is 458 g/mol. The smallest absolute Gasteiger partial charge is 0.410 e. The molecular weight excluding hydrogens is 425 g/mol. The predicted molar refractivity (Wildman–Crippen MR) is 126 cm³/mol. The number of pyridine rings is 1. The molecule has 8 nitrogen and oxygen atoms in total. The minimum atomic E-state index is -0.533. The van der Waals surface area contributed by atoms with E-state index in [1.54, 1.807) is 29.3 Å². The Balaban J connectivity index is 1.60. The third-order valence-electron chi connectivity index (χ3n) is 5.34. The number of carbonyl (C=O) groups excluding carboxylic acids is 2. The van der Waals surface area contributed by atoms with Gasteiger partial charge in [0.05, 0.1) is 11.9 Å². The molecule has 1 aliphatic rings. The molecule has 0 bridgehead atoms. The molecule has 0 spiro atoms. The zero-order valence-corrected chi connectivity index (χ0v) is 19.8. The van der Waals surface area contributed by atoms with Crippen molar-refractivity contribution in [1.82, 2.24) is 14.8 Å². The number of hydrogen-bond acceptors (Lipinski definition) is 5. The number of aromatic nitrogens is 1. The van der Waals surface area contributed by atoms with Gasteiger partial charge in [0.25, 0.3) is 0 Å². The van der Waals surface area contributed by atoms with Gasteiger partial charge in [0.2, 0.25) is 0 Å². The molecule has 3 rings (SSSR count). The van der Waals surface area contributed by atoms with Crippen molar-refractivity contribution in [3.8, 4) is 0 Å². The molecule has 2 aromatic rings. The summed E-state index contributed by atoms with van der Waals surface area (Å²) < 4.78 is 19.8. The van der Waals surface area contributed by atoms with Crippen LogP contribution in [0.25, 0.3) is 0 Å². The molecule has 1 saturated heterocycles. The first-order chi connectivity index (χ1) is 15.5. The summed E-state index contributed by atoms with van der Waals surface area (Å²) in [6.45, 7) is 11.7. The van der Waals surface area contributed by atoms with E-state index in [2.05, 4.69) is 20.5 Å². The van der Waals surface area contributed by atoms with Gasteiger partial charge in [-0.25, -0.2) is 14.0 Å². The van der Waals surface area contributed by atoms with Crippen LogP contribution >= 0.6 is 0 Å². The number of hydrogen-bond donors (Lipinski definition) is 2. The molecule has 1 aromatic carbocycles. The highest BCUT2D eigenvalue weighted by Gasteiger charge is 2.28. The second-order valence-corrected chi connectivity index (χ2v) is 9.22. The van der Waals surface area contributed by atoms with E-state index in [0.29, 0.717) is 37.6 Å². The van der Waals surface area contributed by atoms with Gasteiger partial charge in [0.15, 0.2) is 0 Å². The number of anilines is 2. The molecule has 1 aromatic heterocycles. The molecule has 0 saturated carbocycles. The number of aryl methyl sites for hydroxylation is 1. The fourth-order valence-corrected chi connectivity index (χ4v) is 3.59. The summed E-state index contributed by atoms with van der Waals surface area (Å²) >= 11 is 0. The Morgan fingerprint density at radius 2 is 1.73 bits per heavy atom. The van der Waals surface area contributed by atoms with E-state index in [9.17, 15) is 14.0 Å². The maximum atomic E-state index is 14.3. The molecule has 0 radical (unpaired) electrons. The van der Waals surface area contributed by atoms with Gasteiger partial charge in [-0.3, -0.25) is 9.88 Å². The molecule has 2 N–H and O–H groups in total. The van der Waals surface area contributed by atoms with Gasteiger partial charge in [-0.1, -0.05) is 0 Å². The molecule has 9 heteroatoms. The largest absolute Gasteiger partial charge is 0.444 e. The minimum Gasteiger partial charge on any atom is -0.444 e. The highest BCUT2D eigenvalue weighted by molar-refractivity contribution is 5.99. The molecule has 2 heterocycles. The van der Waals surface area contributed by atoms with Gasteiger partial charge in [0.1, 0.15) is 11.4 Å². The van der Waals surface area contributed by atoms with Gasteiger partial charge in [-0.05, 0) is 70.5 Å². The lowest BCUT2D eigenvalue weighted by Crippen LogP contribution is -2.50. The number of nitrogens with one attached hydrogen (secondary N) is 2. The molecule has 0 unspecified atom stereocenters. The number of carbonyl (C=O) groups is 2. The maximum Gasteiger partial charge on any atom is 0.410 e. The number of rotatable bonds is 4. The van der Waals surface area contributed by atoms with E-state index >= 15 is 0 Å². The summed E-state index contributed by atoms with van der Waals surface area (Å²) in [6.07, 6.45) is 1.24. The topological polar surface area (TPSA) is 86.8 Å². The SMILES string of the molecule is Cc1ccc(NC(=O)Nc2cc(F)cc([C@@H](C)N3CCN(C(=O)OC(C)(C)C)CC3)c2)cn1. The van der Waals surface area contributed by atoms with Gasteiger partial charge >= 0.3 is 12.1 Å². The summed E-state index contributed by atoms with van der Waals surface area (Å²) in [6, 6.07) is 7.49. The highest BCUT2D eigenvalue weighted by Crippen LogP contribution is 2.26. The first-order valence-corrected chi connectivity index (χ1v) is 11.0. The van der Waals surface area contributed by atoms with E-state index in [1.807, 2.05) is 34.6 Å². The van der Waals surface area contributed by atoms with Crippen LogP contribution in [0.5, 0.6) is 0 Å². The maximum absolute atomic E-state index is 14.3. The minimum absolute atomic E-state index is 0.0913. The van der Waals surface area contributed by atoms with Crippen molar-refractivity contribution in [1.29, 1.82) is 0 Å². The lowest BCUT2D eigenvalue weighted by atomic mass is 10.0. The van der Waals surface area contributed by atoms with Crippen molar-refractivity contribution in [3.63, 3.8) is 0 Å². The van der Waals surface area contributed by atoms with Gasteiger partial charge < -0.3 is 20.3 Å². The van der Waals surface area contributed by atoms with E-state index in [-0.39, 0.29) is 12.1 Å². The summed E-state index contributed by atoms with van der Waals surface area (Å²) in [4.78, 5) is 32.6. The van der Waals surface area contributed by atoms with Crippen LogP contribution in [0.4, 0.5) is 25.4 Å². The molecular formula is C24H32FN5O3. The average Bonchev–Trinajstić information content (AvgIpc) is 2.73. The number of nitrogens with zero attached hydrogens (tertiary/aromatic N) is 3. The first-order valence-electron chi connectivity index (χ1n) is 11.0. The van der Waals surface area contributed by atoms with E-state index in [0.717, 1.165) is 11.3 Å². The van der Waals surface area contributed by atoms with Crippen LogP contribution in [0.1, 0.15) is 45.0 Å². The fourth-order valence-electron chi connectivity index (χ4n) is 3.59. The zero-order chi connectivity index (χ0) is 24.2. The van der Waals surface area contributed by atoms with Crippen molar-refractivity contribution < 1.29 is 18.7 Å². The molecule has 1 atom stereocenters. The summed E-state index contributed by atoms with van der Waals surface area (Å²) in [5.74, 6) is -0.431. The lowest BCUT2D eigenvalue weighted by molar-refractivity contribution is 0.0110. The Morgan fingerprint density at radius 1 is 1.06 bits per heavy atom. The van der Waals surface area contributed by atoms with E-state index in [1.165, 1.54) is 12.1 Å². The van der Waals surface area contributed by atoms with Gasteiger partial charge in [-0.15, -0.1) is 0 Å². The third-order valence-corrected chi connectivity index (χ3v) is 5.34. The van der Waals surface area contributed by atoms with Crippen LogP contribution in [0.2, 0.25) is 0 Å². The van der Waals surface area contributed by atoms with Crippen molar-refractivity contribution in [2.24, 2.45) is 0 Å². The second-order valence-electron chi connectivity index (χ2n) is 9.22. The molecule has 0 aliphatic carbocycles. The molecule has 33 heavy (non-hydrogen) atoms. The molecule has 178 valence electrons. The van der Waals surface area contributed by atoms with Crippen LogP contribution in [0.15, 0.2) is 36.5 Å². The normalized spacial score (nSPS) is 15.6. The Hall–Kier alpha value is -3.20. The Bertz CT molecular complexity index is 983. The molecule has 1 aliphatic heterocycles. The lowest BCUT2D eigenvalue weighted by Gasteiger charge is -2.38. The van der Waals surface area contributed by atoms with Crippen molar-refractivity contribution in [2.75, 3.05) is 36.8 Å². The monoisotopic (exact) mass is 457 g/mol. The van der Waals surface area contributed by atoms with Crippen LogP contribution < -0.4 is 10.6 Å². The number of ether oxygens (including phenoxy) is 1. The zero-order valence-electron chi connectivity index (χ0n) is 19.8. The van der Waals surface area contributed by atoms with Gasteiger partial charge in [0, 0.05) is 43.6 Å². The Kier molecular flexibility index (Phi) is 7.53. The van der Waals surface area contributed by atoms with Crippen molar-refractivity contribution in [3.05, 3.63) is 53.6 Å². The van der Waals surface area contributed by atoms with E-state index < -0.39 is 17.4 Å². The Morgan fingerprint density at radius 3 is 2.33 bits per heavy atom. The van der Waals surface area contributed by atoms with Crippen LogP contribution in [0, 0.1) is 12.7 Å². The molecule has 1 fully saturated rings. The quantitative estimate of drug-likeness (QED) is 0.690. The number of halogens is 1. The summed E-state index contributed by atoms with van der Waals surface area (Å²) in [7, 11) is 0. The number of benzene rings is 1. The molecule has 3 amide bonds. The first kappa shape index (κ1) is 24.4. The predicted octanol–water partition coefficient (Wildman–Crippen LogP) is 4.79. The second kappa shape index (κ2) is 10.2. The van der Waals surface area contributed by atoms with E-state index in [4.69, 9.17) is 4.74 Å².